The molecule has 1 nitrogen and oxygen atoms in total. The van der Waals surface area contributed by atoms with Crippen LogP contribution in [-0.4, -0.2) is 25.1 Å². The highest BCUT2D eigenvalue weighted by Gasteiger charge is 2.43. The average Bonchev–Trinajstić information content (AvgIpc) is 2.68. The molecule has 0 amide bonds. The second-order valence-corrected chi connectivity index (χ2v) is 10.2. The monoisotopic (exact) mass is 428 g/mol. The Morgan fingerprint density at radius 3 is 1.46 bits per heavy atom. The fourth-order valence-corrected chi connectivity index (χ4v) is 4.25. The molecule has 0 unspecified atom stereocenters. The number of rotatable bonds is 17. The molecule has 1 rings (SSSR count). The van der Waals surface area contributed by atoms with E-state index in [1.54, 1.807) is 0 Å². The molecular formula is C25H44Cl2N+. The first-order valence-electron chi connectivity index (χ1n) is 11.7. The standard InChI is InChI=1S/C25H44Cl2N/c1-4-5-6-7-8-9-10-11-12-13-14-15-16-20-23-28(2,3)25(26,27)24-21-18-17-19-22-24/h17-19,21-22H,4-16,20,23H2,1-3H3/q+1. The maximum Gasteiger partial charge on any atom is 0.277 e. The van der Waals surface area contributed by atoms with Crippen LogP contribution < -0.4 is 0 Å². The predicted molar refractivity (Wildman–Crippen MR) is 127 cm³/mol. The van der Waals surface area contributed by atoms with Crippen LogP contribution >= 0.6 is 23.2 Å². The minimum absolute atomic E-state index is 0.596. The molecule has 1 aromatic carbocycles. The molecule has 0 saturated carbocycles. The summed E-state index contributed by atoms with van der Waals surface area (Å²) in [5.41, 5.74) is 0.980. The number of hydrogen-bond acceptors (Lipinski definition) is 0. The molecule has 0 N–H and O–H groups in total. The molecule has 1 aromatic rings. The second kappa shape index (κ2) is 14.7. The summed E-state index contributed by atoms with van der Waals surface area (Å²) in [6, 6.07) is 10.0. The van der Waals surface area contributed by atoms with E-state index in [1.807, 2.05) is 30.3 Å². The summed E-state index contributed by atoms with van der Waals surface area (Å²) in [5.74, 6) is 0. The van der Waals surface area contributed by atoms with Crippen molar-refractivity contribution in [1.82, 2.24) is 0 Å². The molecular weight excluding hydrogens is 385 g/mol. The Balaban J connectivity index is 2.03. The lowest BCUT2D eigenvalue weighted by Crippen LogP contribution is -2.51. The summed E-state index contributed by atoms with van der Waals surface area (Å²) in [5, 5.41) is 0. The molecule has 28 heavy (non-hydrogen) atoms. The van der Waals surface area contributed by atoms with Gasteiger partial charge in [-0.05, 0) is 48.2 Å². The summed E-state index contributed by atoms with van der Waals surface area (Å²) in [6.07, 6.45) is 19.4. The smallest absolute Gasteiger partial charge is 0.277 e. The van der Waals surface area contributed by atoms with Crippen LogP contribution in [0, 0.1) is 0 Å². The van der Waals surface area contributed by atoms with Gasteiger partial charge in [-0.3, -0.25) is 4.48 Å². The quantitative estimate of drug-likeness (QED) is 0.100. The summed E-state index contributed by atoms with van der Waals surface area (Å²) >= 11 is 13.5. The van der Waals surface area contributed by atoms with Crippen LogP contribution in [-0.2, 0) is 4.46 Å². The number of quaternary nitrogens is 1. The van der Waals surface area contributed by atoms with Gasteiger partial charge in [-0.2, -0.15) is 0 Å². The Hall–Kier alpha value is -0.240. The first-order valence-corrected chi connectivity index (χ1v) is 12.4. The Morgan fingerprint density at radius 1 is 0.643 bits per heavy atom. The SMILES string of the molecule is CCCCCCCCCCCCCCCC[N+](C)(C)C(Cl)(Cl)c1ccccc1. The van der Waals surface area contributed by atoms with E-state index >= 15 is 0 Å². The summed E-state index contributed by atoms with van der Waals surface area (Å²) in [4.78, 5) is 0. The number of nitrogens with zero attached hydrogens (tertiary/aromatic N) is 1. The molecule has 0 aliphatic carbocycles. The topological polar surface area (TPSA) is 0 Å². The molecule has 0 aliphatic rings. The third-order valence-electron chi connectivity index (χ3n) is 5.95. The molecule has 0 saturated heterocycles. The average molecular weight is 430 g/mol. The highest BCUT2D eigenvalue weighted by Crippen LogP contribution is 2.41. The van der Waals surface area contributed by atoms with Crippen LogP contribution in [0.5, 0.6) is 0 Å². The maximum atomic E-state index is 6.75. The largest absolute Gasteiger partial charge is 0.294 e. The van der Waals surface area contributed by atoms with Crippen molar-refractivity contribution in [2.24, 2.45) is 0 Å². The van der Waals surface area contributed by atoms with Gasteiger partial charge in [-0.1, -0.05) is 102 Å². The highest BCUT2D eigenvalue weighted by molar-refractivity contribution is 6.46. The Bertz CT molecular complexity index is 485. The van der Waals surface area contributed by atoms with Crippen LogP contribution in [0.3, 0.4) is 0 Å². The van der Waals surface area contributed by atoms with Gasteiger partial charge in [-0.25, -0.2) is 0 Å². The van der Waals surface area contributed by atoms with Gasteiger partial charge >= 0.3 is 0 Å². The van der Waals surface area contributed by atoms with E-state index in [4.69, 9.17) is 23.2 Å². The molecule has 0 heterocycles. The van der Waals surface area contributed by atoms with Crippen LogP contribution in [0.1, 0.15) is 102 Å². The predicted octanol–water partition coefficient (Wildman–Crippen LogP) is 8.83. The zero-order valence-corrected chi connectivity index (χ0v) is 20.2. The molecule has 162 valence electrons. The zero-order valence-electron chi connectivity index (χ0n) is 18.7. The molecule has 0 atom stereocenters. The number of benzene rings is 1. The minimum atomic E-state index is -0.891. The van der Waals surface area contributed by atoms with Gasteiger partial charge in [0.05, 0.1) is 20.6 Å². The second-order valence-electron chi connectivity index (χ2n) is 8.91. The van der Waals surface area contributed by atoms with Gasteiger partial charge in [0.2, 0.25) is 0 Å². The minimum Gasteiger partial charge on any atom is -0.294 e. The molecule has 3 heteroatoms. The number of alkyl halides is 2. The maximum absolute atomic E-state index is 6.75. The lowest BCUT2D eigenvalue weighted by Gasteiger charge is -2.40. The third-order valence-corrected chi connectivity index (χ3v) is 7.30. The number of hydrogen-bond donors (Lipinski definition) is 0. The van der Waals surface area contributed by atoms with Gasteiger partial charge < -0.3 is 0 Å². The zero-order chi connectivity index (χ0) is 20.7. The summed E-state index contributed by atoms with van der Waals surface area (Å²) in [6.45, 7) is 3.29. The van der Waals surface area contributed by atoms with E-state index in [2.05, 4.69) is 21.0 Å². The van der Waals surface area contributed by atoms with Crippen LogP contribution in [0.15, 0.2) is 30.3 Å². The Morgan fingerprint density at radius 2 is 1.04 bits per heavy atom. The van der Waals surface area contributed by atoms with Crippen molar-refractivity contribution in [3.63, 3.8) is 0 Å². The van der Waals surface area contributed by atoms with Crippen LogP contribution in [0.2, 0.25) is 0 Å². The van der Waals surface area contributed by atoms with Gasteiger partial charge in [0.25, 0.3) is 4.46 Å². The van der Waals surface area contributed by atoms with E-state index in [-0.39, 0.29) is 0 Å². The van der Waals surface area contributed by atoms with Crippen molar-refractivity contribution in [3.8, 4) is 0 Å². The van der Waals surface area contributed by atoms with Crippen LogP contribution in [0.4, 0.5) is 0 Å². The molecule has 0 bridgehead atoms. The molecule has 0 radical (unpaired) electrons. The van der Waals surface area contributed by atoms with Gasteiger partial charge in [0.15, 0.2) is 0 Å². The van der Waals surface area contributed by atoms with Crippen molar-refractivity contribution in [2.45, 2.75) is 101 Å². The van der Waals surface area contributed by atoms with Crippen molar-refractivity contribution >= 4 is 23.2 Å². The fourth-order valence-electron chi connectivity index (χ4n) is 3.83. The lowest BCUT2D eigenvalue weighted by molar-refractivity contribution is -0.920. The Labute approximate surface area is 185 Å². The molecule has 0 aromatic heterocycles. The van der Waals surface area contributed by atoms with E-state index in [0.29, 0.717) is 4.48 Å². The normalized spacial score (nSPS) is 12.5. The van der Waals surface area contributed by atoms with Crippen LogP contribution in [0.25, 0.3) is 0 Å². The van der Waals surface area contributed by atoms with Crippen molar-refractivity contribution < 1.29 is 4.48 Å². The molecule has 0 aliphatic heterocycles. The Kier molecular flexibility index (Phi) is 13.5. The highest BCUT2D eigenvalue weighted by atomic mass is 35.5. The van der Waals surface area contributed by atoms with Gasteiger partial charge in [0.1, 0.15) is 0 Å². The first-order chi connectivity index (χ1) is 13.4. The molecule has 0 spiro atoms. The van der Waals surface area contributed by atoms with E-state index in [9.17, 15) is 0 Å². The van der Waals surface area contributed by atoms with Gasteiger partial charge in [-0.15, -0.1) is 0 Å². The first kappa shape index (κ1) is 25.8. The van der Waals surface area contributed by atoms with Crippen molar-refractivity contribution in [2.75, 3.05) is 20.6 Å². The number of unbranched alkanes of at least 4 members (excludes halogenated alkanes) is 13. The van der Waals surface area contributed by atoms with Gasteiger partial charge in [0, 0.05) is 5.56 Å². The van der Waals surface area contributed by atoms with Crippen molar-refractivity contribution in [1.29, 1.82) is 0 Å². The summed E-state index contributed by atoms with van der Waals surface area (Å²) < 4.78 is -0.295. The fraction of sp³-hybridized carbons (Fsp3) is 0.760. The van der Waals surface area contributed by atoms with E-state index < -0.39 is 4.46 Å². The van der Waals surface area contributed by atoms with E-state index in [1.165, 1.54) is 89.9 Å². The molecule has 0 fully saturated rings. The lowest BCUT2D eigenvalue weighted by atomic mass is 10.0. The van der Waals surface area contributed by atoms with E-state index in [0.717, 1.165) is 12.1 Å². The summed E-state index contributed by atoms with van der Waals surface area (Å²) in [7, 11) is 4.27. The van der Waals surface area contributed by atoms with Crippen molar-refractivity contribution in [3.05, 3.63) is 35.9 Å². The third kappa shape index (κ3) is 9.99. The number of halogens is 2.